The predicted octanol–water partition coefficient (Wildman–Crippen LogP) is 2.41. The Morgan fingerprint density at radius 1 is 1.33 bits per heavy atom. The summed E-state index contributed by atoms with van der Waals surface area (Å²) in [6, 6.07) is 10.8. The molecule has 3 aromatic rings. The molecule has 0 aliphatic rings. The summed E-state index contributed by atoms with van der Waals surface area (Å²) in [5, 5.41) is 10.5. The van der Waals surface area contributed by atoms with Crippen LogP contribution >= 0.6 is 23.1 Å². The molecule has 3 rings (SSSR count). The Labute approximate surface area is 145 Å². The maximum atomic E-state index is 12.1. The van der Waals surface area contributed by atoms with Gasteiger partial charge in [0.25, 0.3) is 5.56 Å². The number of carbonyl (C=O) groups excluding carboxylic acids is 1. The van der Waals surface area contributed by atoms with Crippen molar-refractivity contribution >= 4 is 34.1 Å². The van der Waals surface area contributed by atoms with E-state index in [4.69, 9.17) is 0 Å². The number of hydrogen-bond acceptors (Lipinski definition) is 7. The zero-order chi connectivity index (χ0) is 16.9. The first-order valence-corrected chi connectivity index (χ1v) is 8.78. The molecular formula is C15H13N5O2S2. The number of hydrogen-bond donors (Lipinski definition) is 2. The van der Waals surface area contributed by atoms with Gasteiger partial charge in [0.2, 0.25) is 11.0 Å². The topological polar surface area (TPSA) is 101 Å². The molecule has 0 fully saturated rings. The van der Waals surface area contributed by atoms with Gasteiger partial charge in [0.1, 0.15) is 5.51 Å². The minimum atomic E-state index is -0.455. The van der Waals surface area contributed by atoms with Crippen molar-refractivity contribution in [1.29, 1.82) is 0 Å². The van der Waals surface area contributed by atoms with E-state index in [0.717, 1.165) is 5.56 Å². The fourth-order valence-corrected chi connectivity index (χ4v) is 3.16. The number of aromatic amines is 1. The summed E-state index contributed by atoms with van der Waals surface area (Å²) in [4.78, 5) is 31.1. The largest absolute Gasteiger partial charge is 0.301 e. The van der Waals surface area contributed by atoms with Crippen molar-refractivity contribution in [2.45, 2.75) is 17.3 Å². The van der Waals surface area contributed by atoms with Gasteiger partial charge in [0.05, 0.1) is 10.9 Å². The average molecular weight is 359 g/mol. The number of carbonyl (C=O) groups is 1. The number of nitrogens with zero attached hydrogens (tertiary/aromatic N) is 3. The lowest BCUT2D eigenvalue weighted by atomic mass is 10.1. The Hall–Kier alpha value is -2.52. The van der Waals surface area contributed by atoms with Crippen LogP contribution in [0.5, 0.6) is 0 Å². The number of amides is 1. The maximum Gasteiger partial charge on any atom is 0.252 e. The molecule has 0 saturated carbocycles. The van der Waals surface area contributed by atoms with E-state index in [1.165, 1.54) is 34.7 Å². The van der Waals surface area contributed by atoms with Crippen LogP contribution in [0.2, 0.25) is 0 Å². The predicted molar refractivity (Wildman–Crippen MR) is 94.2 cm³/mol. The van der Waals surface area contributed by atoms with Gasteiger partial charge in [-0.1, -0.05) is 53.4 Å². The van der Waals surface area contributed by atoms with E-state index in [9.17, 15) is 9.59 Å². The van der Waals surface area contributed by atoms with Gasteiger partial charge in [0, 0.05) is 11.6 Å². The number of rotatable bonds is 5. The number of H-pyrrole nitrogens is 1. The van der Waals surface area contributed by atoms with E-state index in [-0.39, 0.29) is 11.5 Å². The summed E-state index contributed by atoms with van der Waals surface area (Å²) >= 11 is 2.41. The molecule has 1 aromatic carbocycles. The molecule has 2 aromatic heterocycles. The van der Waals surface area contributed by atoms with Gasteiger partial charge in [-0.3, -0.25) is 14.9 Å². The zero-order valence-electron chi connectivity index (χ0n) is 12.6. The first kappa shape index (κ1) is 16.3. The Morgan fingerprint density at radius 3 is 2.83 bits per heavy atom. The van der Waals surface area contributed by atoms with Crippen molar-refractivity contribution in [3.05, 3.63) is 52.3 Å². The second-order valence-corrected chi connectivity index (χ2v) is 6.96. The first-order valence-electron chi connectivity index (χ1n) is 7.02. The molecule has 1 atom stereocenters. The first-order chi connectivity index (χ1) is 11.6. The van der Waals surface area contributed by atoms with E-state index < -0.39 is 5.25 Å². The highest BCUT2D eigenvalue weighted by Crippen LogP contribution is 2.23. The number of nitrogens with one attached hydrogen (secondary N) is 2. The van der Waals surface area contributed by atoms with Crippen LogP contribution in [0.1, 0.15) is 6.92 Å². The van der Waals surface area contributed by atoms with E-state index in [1.807, 2.05) is 30.3 Å². The molecule has 0 spiro atoms. The second-order valence-electron chi connectivity index (χ2n) is 4.80. The fraction of sp³-hybridized carbons (Fsp3) is 0.133. The SMILES string of the molecule is C[C@@H](Sc1nc(-c2ccccc2)cc(=O)[nH]1)C(=O)Nc1nncs1. The van der Waals surface area contributed by atoms with E-state index >= 15 is 0 Å². The van der Waals surface area contributed by atoms with Gasteiger partial charge in [0.15, 0.2) is 5.16 Å². The summed E-state index contributed by atoms with van der Waals surface area (Å²) in [5.74, 6) is -0.232. The lowest BCUT2D eigenvalue weighted by Crippen LogP contribution is -2.23. The summed E-state index contributed by atoms with van der Waals surface area (Å²) in [6.45, 7) is 1.73. The molecule has 2 heterocycles. The highest BCUT2D eigenvalue weighted by atomic mass is 32.2. The third-order valence-electron chi connectivity index (χ3n) is 3.04. The lowest BCUT2D eigenvalue weighted by Gasteiger charge is -2.10. The third kappa shape index (κ3) is 4.06. The Balaban J connectivity index is 1.76. The third-order valence-corrected chi connectivity index (χ3v) is 4.63. The van der Waals surface area contributed by atoms with Crippen molar-refractivity contribution in [2.24, 2.45) is 0 Å². The minimum absolute atomic E-state index is 0.232. The number of thioether (sulfide) groups is 1. The molecule has 9 heteroatoms. The quantitative estimate of drug-likeness (QED) is 0.536. The van der Waals surface area contributed by atoms with Crippen LogP contribution in [-0.2, 0) is 4.79 Å². The highest BCUT2D eigenvalue weighted by Gasteiger charge is 2.17. The maximum absolute atomic E-state index is 12.1. The smallest absolute Gasteiger partial charge is 0.252 e. The van der Waals surface area contributed by atoms with E-state index in [1.54, 1.807) is 6.92 Å². The van der Waals surface area contributed by atoms with Crippen LogP contribution in [0.25, 0.3) is 11.3 Å². The normalized spacial score (nSPS) is 11.9. The standard InChI is InChI=1S/C15H13N5O2S2/c1-9(13(22)19-15-20-16-8-23-15)24-14-17-11(7-12(21)18-14)10-5-3-2-4-6-10/h2-9H,1H3,(H,17,18,21)(H,19,20,22)/t9-/m1/s1. The van der Waals surface area contributed by atoms with Gasteiger partial charge in [-0.05, 0) is 6.92 Å². The average Bonchev–Trinajstić information content (AvgIpc) is 3.08. The highest BCUT2D eigenvalue weighted by molar-refractivity contribution is 8.00. The number of aromatic nitrogens is 4. The Morgan fingerprint density at radius 2 is 2.12 bits per heavy atom. The molecule has 0 unspecified atom stereocenters. The van der Waals surface area contributed by atoms with Crippen LogP contribution in [0.4, 0.5) is 5.13 Å². The van der Waals surface area contributed by atoms with Crippen LogP contribution in [0.15, 0.2) is 51.9 Å². The Kier molecular flexibility index (Phi) is 5.02. The molecule has 24 heavy (non-hydrogen) atoms. The lowest BCUT2D eigenvalue weighted by molar-refractivity contribution is -0.115. The molecule has 2 N–H and O–H groups in total. The van der Waals surface area contributed by atoms with Gasteiger partial charge in [-0.25, -0.2) is 4.98 Å². The second kappa shape index (κ2) is 7.37. The zero-order valence-corrected chi connectivity index (χ0v) is 14.2. The van der Waals surface area contributed by atoms with Crippen LogP contribution in [0, 0.1) is 0 Å². The molecular weight excluding hydrogens is 346 g/mol. The van der Waals surface area contributed by atoms with Crippen LogP contribution in [0.3, 0.4) is 0 Å². The molecule has 1 amide bonds. The van der Waals surface area contributed by atoms with E-state index in [2.05, 4.69) is 25.5 Å². The summed E-state index contributed by atoms with van der Waals surface area (Å²) < 4.78 is 0. The summed E-state index contributed by atoms with van der Waals surface area (Å²) in [6.07, 6.45) is 0. The van der Waals surface area contributed by atoms with Crippen LogP contribution in [-0.4, -0.2) is 31.3 Å². The summed E-state index contributed by atoms with van der Waals surface area (Å²) in [5.41, 5.74) is 2.69. The Bertz CT molecular complexity index is 880. The molecule has 7 nitrogen and oxygen atoms in total. The van der Waals surface area contributed by atoms with Crippen molar-refractivity contribution in [3.63, 3.8) is 0 Å². The van der Waals surface area contributed by atoms with Crippen molar-refractivity contribution < 1.29 is 4.79 Å². The van der Waals surface area contributed by atoms with Gasteiger partial charge in [-0.2, -0.15) is 0 Å². The summed E-state index contributed by atoms with van der Waals surface area (Å²) in [7, 11) is 0. The molecule has 0 bridgehead atoms. The molecule has 0 aliphatic carbocycles. The number of anilines is 1. The van der Waals surface area contributed by atoms with Gasteiger partial charge in [-0.15, -0.1) is 10.2 Å². The molecule has 0 saturated heterocycles. The van der Waals surface area contributed by atoms with Gasteiger partial charge >= 0.3 is 0 Å². The van der Waals surface area contributed by atoms with Gasteiger partial charge < -0.3 is 4.98 Å². The van der Waals surface area contributed by atoms with E-state index in [0.29, 0.717) is 16.0 Å². The minimum Gasteiger partial charge on any atom is -0.301 e. The fourth-order valence-electron chi connectivity index (χ4n) is 1.90. The molecule has 0 radical (unpaired) electrons. The number of benzene rings is 1. The monoisotopic (exact) mass is 359 g/mol. The van der Waals surface area contributed by atoms with Crippen molar-refractivity contribution in [3.8, 4) is 11.3 Å². The van der Waals surface area contributed by atoms with Crippen molar-refractivity contribution in [2.75, 3.05) is 5.32 Å². The molecule has 0 aliphatic heterocycles. The van der Waals surface area contributed by atoms with Crippen molar-refractivity contribution in [1.82, 2.24) is 20.2 Å². The van der Waals surface area contributed by atoms with Crippen LogP contribution < -0.4 is 10.9 Å². The molecule has 122 valence electrons.